The molecule has 5 heteroatoms. The van der Waals surface area contributed by atoms with Crippen LogP contribution in [0.5, 0.6) is 11.5 Å². The Kier molecular flexibility index (Phi) is 2.40. The van der Waals surface area contributed by atoms with Crippen molar-refractivity contribution in [3.8, 4) is 11.5 Å². The first-order chi connectivity index (χ1) is 8.74. The summed E-state index contributed by atoms with van der Waals surface area (Å²) in [5.41, 5.74) is 2.92. The number of rotatable bonds is 2. The summed E-state index contributed by atoms with van der Waals surface area (Å²) in [6, 6.07) is 3.86. The molecule has 94 valence electrons. The van der Waals surface area contributed by atoms with Crippen LogP contribution in [0.4, 0.5) is 5.69 Å². The number of nitrogens with zero attached hydrogens (tertiary/aromatic N) is 2. The third-order valence-corrected chi connectivity index (χ3v) is 3.25. The zero-order valence-corrected chi connectivity index (χ0v) is 10.5. The summed E-state index contributed by atoms with van der Waals surface area (Å²) in [4.78, 5) is 6.48. The molecule has 0 spiro atoms. The predicted molar refractivity (Wildman–Crippen MR) is 71.2 cm³/mol. The lowest BCUT2D eigenvalue weighted by molar-refractivity contribution is 0.355. The maximum Gasteiger partial charge on any atom is 0.203 e. The van der Waals surface area contributed by atoms with E-state index in [1.54, 1.807) is 14.2 Å². The van der Waals surface area contributed by atoms with Crippen molar-refractivity contribution in [3.05, 3.63) is 24.3 Å². The molecule has 1 aromatic rings. The van der Waals surface area contributed by atoms with E-state index < -0.39 is 0 Å². The molecule has 0 aliphatic carbocycles. The van der Waals surface area contributed by atoms with E-state index in [9.17, 15) is 0 Å². The molecule has 2 heterocycles. The molecule has 0 unspecified atom stereocenters. The van der Waals surface area contributed by atoms with Gasteiger partial charge in [-0.3, -0.25) is 4.99 Å². The van der Waals surface area contributed by atoms with E-state index >= 15 is 0 Å². The van der Waals surface area contributed by atoms with Gasteiger partial charge in [0.05, 0.1) is 26.5 Å². The molecule has 1 N–H and O–H groups in total. The third-order valence-electron chi connectivity index (χ3n) is 3.25. The van der Waals surface area contributed by atoms with Gasteiger partial charge in [-0.05, 0) is 6.07 Å². The molecule has 18 heavy (non-hydrogen) atoms. The Morgan fingerprint density at radius 3 is 2.72 bits per heavy atom. The fourth-order valence-corrected chi connectivity index (χ4v) is 2.30. The lowest BCUT2D eigenvalue weighted by atomic mass is 10.1. The highest BCUT2D eigenvalue weighted by atomic mass is 16.5. The van der Waals surface area contributed by atoms with Gasteiger partial charge in [-0.15, -0.1) is 0 Å². The predicted octanol–water partition coefficient (Wildman–Crippen LogP) is 1.77. The summed E-state index contributed by atoms with van der Waals surface area (Å²) in [5, 5.41) is 3.29. The second-order valence-electron chi connectivity index (χ2n) is 4.18. The Morgan fingerprint density at radius 2 is 2.00 bits per heavy atom. The summed E-state index contributed by atoms with van der Waals surface area (Å²) in [6.45, 7) is 5.80. The molecule has 0 bridgehead atoms. The second-order valence-corrected chi connectivity index (χ2v) is 4.18. The number of benzene rings is 1. The number of hydrogen-bond donors (Lipinski definition) is 1. The first kappa shape index (κ1) is 11.0. The second kappa shape index (κ2) is 3.94. The molecule has 1 aromatic carbocycles. The SMILES string of the molecule is C=C1c2cc(OC)c(OC)cc2NC2=NCCN12. The monoisotopic (exact) mass is 245 g/mol. The van der Waals surface area contributed by atoms with E-state index in [1.165, 1.54) is 0 Å². The zero-order chi connectivity index (χ0) is 12.7. The Bertz CT molecular complexity index is 551. The summed E-state index contributed by atoms with van der Waals surface area (Å²) < 4.78 is 10.6. The first-order valence-electron chi connectivity index (χ1n) is 5.79. The van der Waals surface area contributed by atoms with Crippen molar-refractivity contribution >= 4 is 17.3 Å². The maximum atomic E-state index is 5.32. The van der Waals surface area contributed by atoms with Crippen LogP contribution >= 0.6 is 0 Å². The quantitative estimate of drug-likeness (QED) is 0.862. The average Bonchev–Trinajstić information content (AvgIpc) is 2.86. The van der Waals surface area contributed by atoms with Gasteiger partial charge in [-0.1, -0.05) is 6.58 Å². The van der Waals surface area contributed by atoms with Gasteiger partial charge in [0.1, 0.15) is 0 Å². The van der Waals surface area contributed by atoms with Crippen LogP contribution in [0.1, 0.15) is 5.56 Å². The first-order valence-corrected chi connectivity index (χ1v) is 5.79. The van der Waals surface area contributed by atoms with Gasteiger partial charge in [0.15, 0.2) is 11.5 Å². The number of guanidine groups is 1. The smallest absolute Gasteiger partial charge is 0.203 e. The molecular weight excluding hydrogens is 230 g/mol. The summed E-state index contributed by atoms with van der Waals surface area (Å²) in [7, 11) is 3.26. The maximum absolute atomic E-state index is 5.32. The summed E-state index contributed by atoms with van der Waals surface area (Å²) in [6.07, 6.45) is 0. The highest BCUT2D eigenvalue weighted by Crippen LogP contribution is 2.40. The minimum Gasteiger partial charge on any atom is -0.493 e. The Morgan fingerprint density at radius 1 is 1.28 bits per heavy atom. The van der Waals surface area contributed by atoms with Crippen molar-refractivity contribution < 1.29 is 9.47 Å². The standard InChI is InChI=1S/C13H15N3O2/c1-8-9-6-11(17-2)12(18-3)7-10(9)15-13-14-4-5-16(8)13/h6-7H,1,4-5H2,2-3H3,(H,14,15). The number of fused-ring (bicyclic) bond motifs is 2. The molecule has 0 fully saturated rings. The molecule has 0 atom stereocenters. The zero-order valence-electron chi connectivity index (χ0n) is 10.5. The van der Waals surface area contributed by atoms with Crippen LogP contribution in [0.3, 0.4) is 0 Å². The molecule has 2 aliphatic rings. The molecule has 0 aromatic heterocycles. The molecule has 0 radical (unpaired) electrons. The minimum atomic E-state index is 0.698. The van der Waals surface area contributed by atoms with Crippen molar-refractivity contribution in [1.29, 1.82) is 0 Å². The van der Waals surface area contributed by atoms with Crippen LogP contribution in [0.15, 0.2) is 23.7 Å². The number of nitrogens with one attached hydrogen (secondary N) is 1. The fraction of sp³-hybridized carbons (Fsp3) is 0.308. The number of anilines is 1. The fourth-order valence-electron chi connectivity index (χ4n) is 2.30. The van der Waals surface area contributed by atoms with E-state index in [4.69, 9.17) is 9.47 Å². The van der Waals surface area contributed by atoms with Gasteiger partial charge >= 0.3 is 0 Å². The van der Waals surface area contributed by atoms with Gasteiger partial charge in [0.25, 0.3) is 0 Å². The van der Waals surface area contributed by atoms with Crippen LogP contribution < -0.4 is 14.8 Å². The molecule has 5 nitrogen and oxygen atoms in total. The summed E-state index contributed by atoms with van der Waals surface area (Å²) >= 11 is 0. The largest absolute Gasteiger partial charge is 0.493 e. The Hall–Kier alpha value is -2.17. The molecule has 0 saturated heterocycles. The van der Waals surface area contributed by atoms with Gasteiger partial charge in [0, 0.05) is 23.9 Å². The van der Waals surface area contributed by atoms with E-state index in [2.05, 4.69) is 21.8 Å². The van der Waals surface area contributed by atoms with Gasteiger partial charge in [-0.25, -0.2) is 0 Å². The molecular formula is C13H15N3O2. The third kappa shape index (κ3) is 1.44. The lowest BCUT2D eigenvalue weighted by Gasteiger charge is -2.31. The highest BCUT2D eigenvalue weighted by molar-refractivity contribution is 6.06. The molecule has 0 saturated carbocycles. The van der Waals surface area contributed by atoms with E-state index in [-0.39, 0.29) is 0 Å². The highest BCUT2D eigenvalue weighted by Gasteiger charge is 2.28. The molecule has 0 amide bonds. The number of ether oxygens (including phenoxy) is 2. The summed E-state index contributed by atoms with van der Waals surface area (Å²) in [5.74, 6) is 2.27. The van der Waals surface area contributed by atoms with Gasteiger partial charge in [0.2, 0.25) is 5.96 Å². The van der Waals surface area contributed by atoms with Gasteiger partial charge in [-0.2, -0.15) is 0 Å². The van der Waals surface area contributed by atoms with Gasteiger partial charge < -0.3 is 19.7 Å². The van der Waals surface area contributed by atoms with E-state index in [0.717, 1.165) is 36.0 Å². The molecule has 2 aliphatic heterocycles. The van der Waals surface area contributed by atoms with Crippen LogP contribution in [0.2, 0.25) is 0 Å². The normalized spacial score (nSPS) is 16.7. The average molecular weight is 245 g/mol. The van der Waals surface area contributed by atoms with Crippen molar-refractivity contribution in [1.82, 2.24) is 4.90 Å². The topological polar surface area (TPSA) is 46.1 Å². The van der Waals surface area contributed by atoms with Crippen LogP contribution in [0, 0.1) is 0 Å². The van der Waals surface area contributed by atoms with Crippen molar-refractivity contribution in [2.24, 2.45) is 4.99 Å². The van der Waals surface area contributed by atoms with E-state index in [1.807, 2.05) is 12.1 Å². The number of methoxy groups -OCH3 is 2. The lowest BCUT2D eigenvalue weighted by Crippen LogP contribution is -2.35. The van der Waals surface area contributed by atoms with Crippen molar-refractivity contribution in [2.45, 2.75) is 0 Å². The van der Waals surface area contributed by atoms with E-state index in [0.29, 0.717) is 11.5 Å². The molecule has 3 rings (SSSR count). The van der Waals surface area contributed by atoms with Crippen LogP contribution in [-0.4, -0.2) is 38.2 Å². The van der Waals surface area contributed by atoms with Crippen molar-refractivity contribution in [2.75, 3.05) is 32.6 Å². The van der Waals surface area contributed by atoms with Crippen LogP contribution in [0.25, 0.3) is 5.70 Å². The minimum absolute atomic E-state index is 0.698. The number of aliphatic imine (C=N–C) groups is 1. The van der Waals surface area contributed by atoms with Crippen molar-refractivity contribution in [3.63, 3.8) is 0 Å². The Labute approximate surface area is 106 Å². The Balaban J connectivity index is 2.12. The van der Waals surface area contributed by atoms with Crippen LogP contribution in [-0.2, 0) is 0 Å². The number of hydrogen-bond acceptors (Lipinski definition) is 5.